The van der Waals surface area contributed by atoms with E-state index in [4.69, 9.17) is 14.2 Å². The normalized spacial score (nSPS) is 20.7. The quantitative estimate of drug-likeness (QED) is 0.527. The second-order valence-electron chi connectivity index (χ2n) is 4.15. The van der Waals surface area contributed by atoms with Crippen molar-refractivity contribution in [1.29, 1.82) is 0 Å². The number of benzene rings is 1. The molecule has 0 bridgehead atoms. The zero-order valence-corrected chi connectivity index (χ0v) is 13.0. The van der Waals surface area contributed by atoms with Crippen molar-refractivity contribution < 1.29 is 19.0 Å². The first kappa shape index (κ1) is 14.5. The Labute approximate surface area is 116 Å². The van der Waals surface area contributed by atoms with Crippen molar-refractivity contribution in [3.63, 3.8) is 0 Å². The third-order valence-electron chi connectivity index (χ3n) is 3.10. The second kappa shape index (κ2) is 6.02. The molecule has 2 rings (SSSR count). The van der Waals surface area contributed by atoms with Gasteiger partial charge in [0.2, 0.25) is 0 Å². The van der Waals surface area contributed by atoms with Crippen LogP contribution in [0.2, 0.25) is 0 Å². The van der Waals surface area contributed by atoms with Gasteiger partial charge >= 0.3 is 116 Å². The number of hydrogen-bond acceptors (Lipinski definition) is 4. The standard InChI is InChI=1S/C13H17O4PS/c1-4-17-13(14)12-6-8-5-9(15-2)10(16-3)7-11(8)19(12)18/h5,7,12,19H,4,6H2,1-3H3. The van der Waals surface area contributed by atoms with Crippen molar-refractivity contribution in [3.05, 3.63) is 17.7 Å². The van der Waals surface area contributed by atoms with Gasteiger partial charge in [-0.05, 0) is 0 Å². The summed E-state index contributed by atoms with van der Waals surface area (Å²) in [5.74, 6) is 1.19. The van der Waals surface area contributed by atoms with Gasteiger partial charge in [0.15, 0.2) is 0 Å². The number of esters is 1. The summed E-state index contributed by atoms with van der Waals surface area (Å²) < 4.78 is 15.7. The molecule has 1 aliphatic heterocycles. The topological polar surface area (TPSA) is 44.8 Å². The predicted octanol–water partition coefficient (Wildman–Crippen LogP) is 2.88. The first-order valence-electron chi connectivity index (χ1n) is 6.02. The molecule has 4 nitrogen and oxygen atoms in total. The van der Waals surface area contributed by atoms with E-state index in [1.807, 2.05) is 19.1 Å². The molecular weight excluding hydrogens is 283 g/mol. The first-order chi connectivity index (χ1) is 9.12. The van der Waals surface area contributed by atoms with E-state index in [-0.39, 0.29) is 11.2 Å². The fraction of sp³-hybridized carbons (Fsp3) is 0.462. The van der Waals surface area contributed by atoms with Crippen LogP contribution in [-0.4, -0.2) is 32.0 Å². The van der Waals surface area contributed by atoms with Gasteiger partial charge in [-0.2, -0.15) is 0 Å². The fourth-order valence-corrected chi connectivity index (χ4v) is 4.94. The molecule has 6 heteroatoms. The summed E-state index contributed by atoms with van der Waals surface area (Å²) in [5, 5.41) is -0.176. The van der Waals surface area contributed by atoms with Gasteiger partial charge in [0.05, 0.1) is 0 Å². The molecule has 1 heterocycles. The van der Waals surface area contributed by atoms with E-state index in [1.165, 1.54) is 0 Å². The number of carbonyl (C=O) groups excluding carboxylic acids is 1. The molecule has 104 valence electrons. The number of hydrogen-bond donors (Lipinski definition) is 1. The van der Waals surface area contributed by atoms with Crippen molar-refractivity contribution >= 4 is 23.7 Å². The molecule has 0 N–H and O–H groups in total. The van der Waals surface area contributed by atoms with Crippen molar-refractivity contribution in [2.24, 2.45) is 0 Å². The van der Waals surface area contributed by atoms with E-state index in [9.17, 15) is 4.79 Å². The van der Waals surface area contributed by atoms with Crippen LogP contribution in [0.5, 0.6) is 11.5 Å². The molecule has 0 amide bonds. The van der Waals surface area contributed by atoms with E-state index in [0.29, 0.717) is 24.5 Å². The van der Waals surface area contributed by atoms with Crippen LogP contribution in [0.3, 0.4) is 0 Å². The molecule has 1 aromatic carbocycles. The Morgan fingerprint density at radius 2 is 2.00 bits per heavy atom. The SMILES string of the molecule is CCOC(=O)C1Cc2cc(OC)c(OC)cc2[SH]1#P. The summed E-state index contributed by atoms with van der Waals surface area (Å²) in [4.78, 5) is 13.0. The number of carbonyl (C=O) groups is 1. The van der Waals surface area contributed by atoms with Crippen molar-refractivity contribution in [1.82, 2.24) is 0 Å². The molecule has 2 unspecified atom stereocenters. The van der Waals surface area contributed by atoms with Gasteiger partial charge in [-0.3, -0.25) is 0 Å². The monoisotopic (exact) mass is 300 g/mol. The zero-order chi connectivity index (χ0) is 14.0. The van der Waals surface area contributed by atoms with Crippen LogP contribution in [0, 0.1) is 0 Å². The van der Waals surface area contributed by atoms with Crippen LogP contribution >= 0.6 is 17.7 Å². The van der Waals surface area contributed by atoms with Crippen LogP contribution in [0.1, 0.15) is 12.5 Å². The van der Waals surface area contributed by atoms with Gasteiger partial charge in [-0.1, -0.05) is 0 Å². The van der Waals surface area contributed by atoms with Gasteiger partial charge in [-0.25, -0.2) is 0 Å². The van der Waals surface area contributed by atoms with Crippen LogP contribution in [-0.2, 0) is 16.0 Å². The fourth-order valence-electron chi connectivity index (χ4n) is 2.17. The van der Waals surface area contributed by atoms with Crippen molar-refractivity contribution in [2.75, 3.05) is 20.8 Å². The zero-order valence-electron chi connectivity index (χ0n) is 11.2. The minimum absolute atomic E-state index is 0.169. The first-order valence-corrected chi connectivity index (χ1v) is 8.58. The van der Waals surface area contributed by atoms with Gasteiger partial charge in [0.1, 0.15) is 0 Å². The predicted molar refractivity (Wildman–Crippen MR) is 77.8 cm³/mol. The molecule has 1 aromatic rings. The van der Waals surface area contributed by atoms with E-state index in [0.717, 1.165) is 10.5 Å². The molecule has 0 aliphatic carbocycles. The number of thiol groups is 1. The Morgan fingerprint density at radius 1 is 1.37 bits per heavy atom. The third-order valence-corrected chi connectivity index (χ3v) is 6.48. The Balaban J connectivity index is 2.36. The average Bonchev–Trinajstić information content (AvgIpc) is 2.74. The molecule has 1 aliphatic rings. The molecule has 0 spiro atoms. The summed E-state index contributed by atoms with van der Waals surface area (Å²) in [6.07, 6.45) is 0.656. The Kier molecular flexibility index (Phi) is 4.58. The summed E-state index contributed by atoms with van der Waals surface area (Å²) in [6.45, 7) is 2.21. The molecule has 19 heavy (non-hydrogen) atoms. The summed E-state index contributed by atoms with van der Waals surface area (Å²) in [7, 11) is 6.97. The molecule has 0 saturated heterocycles. The van der Waals surface area contributed by atoms with Crippen LogP contribution in [0.4, 0.5) is 0 Å². The maximum atomic E-state index is 11.9. The molecule has 0 radical (unpaired) electrons. The number of fused-ring (bicyclic) bond motifs is 1. The summed E-state index contributed by atoms with van der Waals surface area (Å²) in [6, 6.07) is 3.85. The maximum absolute atomic E-state index is 11.9. The van der Waals surface area contributed by atoms with Crippen molar-refractivity contribution in [3.8, 4) is 11.5 Å². The van der Waals surface area contributed by atoms with E-state index in [1.54, 1.807) is 14.2 Å². The minimum atomic E-state index is -0.850. The van der Waals surface area contributed by atoms with Gasteiger partial charge < -0.3 is 0 Å². The summed E-state index contributed by atoms with van der Waals surface area (Å²) in [5.41, 5.74) is 1.09. The Bertz CT molecular complexity index is 576. The van der Waals surface area contributed by atoms with E-state index in [2.05, 4.69) is 7.81 Å². The van der Waals surface area contributed by atoms with Gasteiger partial charge in [0.25, 0.3) is 0 Å². The molecule has 0 aromatic heterocycles. The van der Waals surface area contributed by atoms with Crippen LogP contribution in [0.15, 0.2) is 17.0 Å². The van der Waals surface area contributed by atoms with Gasteiger partial charge in [-0.15, -0.1) is 0 Å². The molecule has 2 atom stereocenters. The van der Waals surface area contributed by atoms with Crippen LogP contribution < -0.4 is 9.47 Å². The Morgan fingerprint density at radius 3 is 2.58 bits per heavy atom. The molecule has 0 saturated carbocycles. The second-order valence-corrected chi connectivity index (χ2v) is 7.24. The molecular formula is C13H17O4PS. The van der Waals surface area contributed by atoms with E-state index < -0.39 is 9.87 Å². The molecule has 0 fully saturated rings. The van der Waals surface area contributed by atoms with Crippen LogP contribution in [0.25, 0.3) is 0 Å². The van der Waals surface area contributed by atoms with Gasteiger partial charge in [0, 0.05) is 0 Å². The number of methoxy groups -OCH3 is 2. The number of rotatable bonds is 4. The average molecular weight is 300 g/mol. The number of ether oxygens (including phenoxy) is 3. The van der Waals surface area contributed by atoms with E-state index >= 15 is 0 Å². The summed E-state index contributed by atoms with van der Waals surface area (Å²) >= 11 is 0. The Hall–Kier alpha value is -0.930. The van der Waals surface area contributed by atoms with Crippen molar-refractivity contribution in [2.45, 2.75) is 23.5 Å². The third kappa shape index (κ3) is 2.67.